The largest absolute Gasteiger partial charge is 0.631 e. The second-order valence-corrected chi connectivity index (χ2v) is 1.33. The van der Waals surface area contributed by atoms with Gasteiger partial charge in [-0.2, -0.15) is 0 Å². The first-order valence-electron chi connectivity index (χ1n) is 2.67. The molecule has 5 nitrogen and oxygen atoms in total. The van der Waals surface area contributed by atoms with Crippen LogP contribution in [-0.2, 0) is 9.47 Å². The second-order valence-electron chi connectivity index (χ2n) is 1.33. The summed E-state index contributed by atoms with van der Waals surface area (Å²) in [5.74, 6) is 0. The summed E-state index contributed by atoms with van der Waals surface area (Å²) < 4.78 is 9.31. The van der Waals surface area contributed by atoms with Gasteiger partial charge < -0.3 is 24.5 Å². The maximum Gasteiger partial charge on any atom is 0.631 e. The SMILES string of the molecule is COCCOC.OB(O)O. The molecule has 0 saturated heterocycles. The monoisotopic (exact) mass is 152 g/mol. The zero-order valence-corrected chi connectivity index (χ0v) is 6.15. The Kier molecular flexibility index (Phi) is 14.6. The molecule has 0 saturated carbocycles. The highest BCUT2D eigenvalue weighted by atomic mass is 16.5. The standard InChI is InChI=1S/C4H10O2.BH3O3/c1-5-3-4-6-2;2-1(3)4/h3-4H2,1-2H3;2-4H. The molecule has 0 aromatic rings. The van der Waals surface area contributed by atoms with Crippen molar-refractivity contribution in [3.63, 3.8) is 0 Å². The van der Waals surface area contributed by atoms with E-state index >= 15 is 0 Å². The fourth-order valence-corrected chi connectivity index (χ4v) is 0.167. The summed E-state index contributed by atoms with van der Waals surface area (Å²) in [6, 6.07) is 0. The number of ether oxygens (including phenoxy) is 2. The van der Waals surface area contributed by atoms with Crippen LogP contribution in [0.15, 0.2) is 0 Å². The highest BCUT2D eigenvalue weighted by Gasteiger charge is 1.92. The third kappa shape index (κ3) is 45.2. The van der Waals surface area contributed by atoms with Crippen LogP contribution >= 0.6 is 0 Å². The summed E-state index contributed by atoms with van der Waals surface area (Å²) >= 11 is 0. The Morgan fingerprint density at radius 2 is 1.20 bits per heavy atom. The summed E-state index contributed by atoms with van der Waals surface area (Å²) in [6.07, 6.45) is 0. The summed E-state index contributed by atoms with van der Waals surface area (Å²) in [5, 5.41) is 21.5. The normalized spacial score (nSPS) is 8.10. The van der Waals surface area contributed by atoms with Crippen molar-refractivity contribution >= 4 is 7.32 Å². The molecule has 0 amide bonds. The van der Waals surface area contributed by atoms with Crippen molar-refractivity contribution in [2.24, 2.45) is 0 Å². The van der Waals surface area contributed by atoms with E-state index in [-0.39, 0.29) is 0 Å². The highest BCUT2D eigenvalue weighted by Crippen LogP contribution is 1.65. The first-order valence-corrected chi connectivity index (χ1v) is 2.67. The van der Waals surface area contributed by atoms with Gasteiger partial charge in [-0.15, -0.1) is 0 Å². The van der Waals surface area contributed by atoms with Crippen LogP contribution < -0.4 is 0 Å². The van der Waals surface area contributed by atoms with E-state index in [0.29, 0.717) is 13.2 Å². The molecule has 0 aliphatic carbocycles. The van der Waals surface area contributed by atoms with Gasteiger partial charge >= 0.3 is 7.32 Å². The van der Waals surface area contributed by atoms with Gasteiger partial charge in [-0.3, -0.25) is 0 Å². The van der Waals surface area contributed by atoms with E-state index < -0.39 is 7.32 Å². The van der Waals surface area contributed by atoms with Gasteiger partial charge in [-0.1, -0.05) is 0 Å². The Hall–Kier alpha value is -0.135. The van der Waals surface area contributed by atoms with Gasteiger partial charge in [0, 0.05) is 14.2 Å². The molecule has 0 bridgehead atoms. The molecule has 10 heavy (non-hydrogen) atoms. The van der Waals surface area contributed by atoms with E-state index in [0.717, 1.165) is 0 Å². The van der Waals surface area contributed by atoms with E-state index in [4.69, 9.17) is 15.1 Å². The van der Waals surface area contributed by atoms with Crippen molar-refractivity contribution in [1.82, 2.24) is 0 Å². The molecule has 6 heteroatoms. The van der Waals surface area contributed by atoms with Gasteiger partial charge in [0.05, 0.1) is 13.2 Å². The second kappa shape index (κ2) is 11.6. The molecular formula is C4H13BO5. The van der Waals surface area contributed by atoms with E-state index in [1.165, 1.54) is 0 Å². The molecule has 3 N–H and O–H groups in total. The Labute approximate surface area is 60.4 Å². The average molecular weight is 152 g/mol. The Morgan fingerprint density at radius 1 is 1.00 bits per heavy atom. The van der Waals surface area contributed by atoms with Crippen LogP contribution in [0.25, 0.3) is 0 Å². The first kappa shape index (κ1) is 12.5. The molecule has 0 heterocycles. The van der Waals surface area contributed by atoms with Crippen LogP contribution in [0.1, 0.15) is 0 Å². The lowest BCUT2D eigenvalue weighted by atomic mass is 10.3. The van der Waals surface area contributed by atoms with E-state index in [1.54, 1.807) is 14.2 Å². The van der Waals surface area contributed by atoms with Crippen LogP contribution in [0, 0.1) is 0 Å². The first-order chi connectivity index (χ1) is 4.65. The number of hydrogen-bond acceptors (Lipinski definition) is 5. The zero-order chi connectivity index (χ0) is 8.41. The predicted octanol–water partition coefficient (Wildman–Crippen LogP) is -1.77. The lowest BCUT2D eigenvalue weighted by Crippen LogP contribution is -2.07. The third-order valence-corrected chi connectivity index (χ3v) is 0.492. The topological polar surface area (TPSA) is 79.2 Å². The summed E-state index contributed by atoms with van der Waals surface area (Å²) in [5.41, 5.74) is 0. The fourth-order valence-electron chi connectivity index (χ4n) is 0.167. The number of methoxy groups -OCH3 is 2. The lowest BCUT2D eigenvalue weighted by molar-refractivity contribution is 0.103. The van der Waals surface area contributed by atoms with Crippen LogP contribution in [0.2, 0.25) is 0 Å². The molecule has 0 aromatic heterocycles. The van der Waals surface area contributed by atoms with Crippen LogP contribution in [0.4, 0.5) is 0 Å². The van der Waals surface area contributed by atoms with Crippen molar-refractivity contribution in [1.29, 1.82) is 0 Å². The molecule has 0 aliphatic rings. The lowest BCUT2D eigenvalue weighted by Gasteiger charge is -1.91. The molecule has 0 fully saturated rings. The van der Waals surface area contributed by atoms with Crippen molar-refractivity contribution < 1.29 is 24.5 Å². The average Bonchev–Trinajstić information content (AvgIpc) is 1.82. The maximum absolute atomic E-state index is 7.17. The molecule has 0 aliphatic heterocycles. The Bertz CT molecular complexity index is 44.2. The quantitative estimate of drug-likeness (QED) is 0.329. The fraction of sp³-hybridized carbons (Fsp3) is 1.00. The molecule has 0 rings (SSSR count). The van der Waals surface area contributed by atoms with Gasteiger partial charge in [-0.05, 0) is 0 Å². The molecule has 0 spiro atoms. The van der Waals surface area contributed by atoms with Gasteiger partial charge in [-0.25, -0.2) is 0 Å². The highest BCUT2D eigenvalue weighted by molar-refractivity contribution is 6.30. The van der Waals surface area contributed by atoms with Crippen LogP contribution in [0.5, 0.6) is 0 Å². The van der Waals surface area contributed by atoms with Gasteiger partial charge in [0.1, 0.15) is 0 Å². The van der Waals surface area contributed by atoms with Crippen LogP contribution in [-0.4, -0.2) is 49.8 Å². The summed E-state index contributed by atoms with van der Waals surface area (Å²) in [4.78, 5) is 0. The summed E-state index contributed by atoms with van der Waals surface area (Å²) in [7, 11) is 1.14. The molecule has 0 aromatic carbocycles. The van der Waals surface area contributed by atoms with Gasteiger partial charge in [0.25, 0.3) is 0 Å². The van der Waals surface area contributed by atoms with Crippen LogP contribution in [0.3, 0.4) is 0 Å². The molecule has 0 atom stereocenters. The molecular weight excluding hydrogens is 139 g/mol. The van der Waals surface area contributed by atoms with Gasteiger partial charge in [0.2, 0.25) is 0 Å². The molecule has 0 radical (unpaired) electrons. The summed E-state index contributed by atoms with van der Waals surface area (Å²) in [6.45, 7) is 1.38. The Morgan fingerprint density at radius 3 is 1.30 bits per heavy atom. The minimum atomic E-state index is -2.17. The Balaban J connectivity index is 0. The van der Waals surface area contributed by atoms with Crippen molar-refractivity contribution in [2.75, 3.05) is 27.4 Å². The molecule has 62 valence electrons. The minimum Gasteiger partial charge on any atom is -0.402 e. The van der Waals surface area contributed by atoms with Gasteiger partial charge in [0.15, 0.2) is 0 Å². The van der Waals surface area contributed by atoms with Crippen molar-refractivity contribution in [3.05, 3.63) is 0 Å². The predicted molar refractivity (Wildman–Crippen MR) is 36.2 cm³/mol. The van der Waals surface area contributed by atoms with E-state index in [1.807, 2.05) is 0 Å². The number of rotatable bonds is 3. The number of hydrogen-bond donors (Lipinski definition) is 3. The van der Waals surface area contributed by atoms with E-state index in [2.05, 4.69) is 9.47 Å². The third-order valence-electron chi connectivity index (χ3n) is 0.492. The molecule has 0 unspecified atom stereocenters. The smallest absolute Gasteiger partial charge is 0.402 e. The maximum atomic E-state index is 7.17. The zero-order valence-electron chi connectivity index (χ0n) is 6.15. The van der Waals surface area contributed by atoms with Crippen molar-refractivity contribution in [2.45, 2.75) is 0 Å². The van der Waals surface area contributed by atoms with E-state index in [9.17, 15) is 0 Å². The van der Waals surface area contributed by atoms with Crippen molar-refractivity contribution in [3.8, 4) is 0 Å². The minimum absolute atomic E-state index is 0.691.